The van der Waals surface area contributed by atoms with Crippen LogP contribution in [0.5, 0.6) is 0 Å². The molecule has 0 saturated heterocycles. The summed E-state index contributed by atoms with van der Waals surface area (Å²) in [6, 6.07) is 8.87. The number of benzene rings is 1. The lowest BCUT2D eigenvalue weighted by Gasteiger charge is -2.25. The summed E-state index contributed by atoms with van der Waals surface area (Å²) in [4.78, 5) is 2.44. The van der Waals surface area contributed by atoms with Crippen LogP contribution in [0.2, 0.25) is 0 Å². The topological polar surface area (TPSA) is 24.5 Å². The van der Waals surface area contributed by atoms with E-state index < -0.39 is 0 Å². The third-order valence-corrected chi connectivity index (χ3v) is 4.25. The molecule has 0 aliphatic heterocycles. The van der Waals surface area contributed by atoms with Crippen molar-refractivity contribution in [1.82, 2.24) is 10.2 Å². The highest BCUT2D eigenvalue weighted by molar-refractivity contribution is 9.10. The van der Waals surface area contributed by atoms with Crippen molar-refractivity contribution in [3.63, 3.8) is 0 Å². The van der Waals surface area contributed by atoms with E-state index in [1.54, 1.807) is 7.11 Å². The molecule has 3 nitrogen and oxygen atoms in total. The van der Waals surface area contributed by atoms with Gasteiger partial charge in [-0.15, -0.1) is 0 Å². The molecule has 0 bridgehead atoms. The second kappa shape index (κ2) is 10.3. The van der Waals surface area contributed by atoms with Gasteiger partial charge in [-0.2, -0.15) is 0 Å². The van der Waals surface area contributed by atoms with Gasteiger partial charge >= 0.3 is 0 Å². The van der Waals surface area contributed by atoms with Crippen LogP contribution in [0.1, 0.15) is 31.9 Å². The van der Waals surface area contributed by atoms with Gasteiger partial charge in [-0.25, -0.2) is 0 Å². The lowest BCUT2D eigenvalue weighted by Crippen LogP contribution is -2.32. The first kappa shape index (κ1) is 17.6. The van der Waals surface area contributed by atoms with E-state index in [0.29, 0.717) is 6.04 Å². The quantitative estimate of drug-likeness (QED) is 0.704. The van der Waals surface area contributed by atoms with Gasteiger partial charge in [0.25, 0.3) is 0 Å². The van der Waals surface area contributed by atoms with Gasteiger partial charge in [0.15, 0.2) is 0 Å². The molecule has 0 saturated carbocycles. The highest BCUT2D eigenvalue weighted by atomic mass is 79.9. The van der Waals surface area contributed by atoms with E-state index in [-0.39, 0.29) is 0 Å². The van der Waals surface area contributed by atoms with Gasteiger partial charge in [0.1, 0.15) is 0 Å². The number of ether oxygens (including phenoxy) is 1. The third-order valence-electron chi connectivity index (χ3n) is 3.52. The lowest BCUT2D eigenvalue weighted by molar-refractivity contribution is 0.148. The Morgan fingerprint density at radius 3 is 2.60 bits per heavy atom. The molecule has 0 fully saturated rings. The Bertz CT molecular complexity index is 373. The van der Waals surface area contributed by atoms with Crippen LogP contribution in [0, 0.1) is 0 Å². The second-order valence-corrected chi connectivity index (χ2v) is 5.70. The summed E-state index contributed by atoms with van der Waals surface area (Å²) in [6.45, 7) is 9.30. The van der Waals surface area contributed by atoms with Crippen LogP contribution in [0.3, 0.4) is 0 Å². The molecule has 20 heavy (non-hydrogen) atoms. The van der Waals surface area contributed by atoms with Gasteiger partial charge < -0.3 is 15.0 Å². The van der Waals surface area contributed by atoms with Gasteiger partial charge in [-0.05, 0) is 31.1 Å². The number of hydrogen-bond donors (Lipinski definition) is 1. The molecule has 1 rings (SSSR count). The molecule has 114 valence electrons. The molecular weight excluding hydrogens is 316 g/mol. The molecule has 1 unspecified atom stereocenters. The molecule has 0 heterocycles. The van der Waals surface area contributed by atoms with Crippen molar-refractivity contribution in [2.45, 2.75) is 26.3 Å². The van der Waals surface area contributed by atoms with Crippen LogP contribution in [0.15, 0.2) is 28.7 Å². The smallest absolute Gasteiger partial charge is 0.0589 e. The van der Waals surface area contributed by atoms with E-state index >= 15 is 0 Å². The van der Waals surface area contributed by atoms with Gasteiger partial charge in [0, 0.05) is 30.7 Å². The zero-order valence-corrected chi connectivity index (χ0v) is 14.4. The summed E-state index contributed by atoms with van der Waals surface area (Å²) in [5, 5.41) is 3.59. The standard InChI is InChI=1S/C16H27BrN2O/c1-4-18-16(14-8-6-7-9-15(14)17)10-11-19(5-2)12-13-20-3/h6-9,16,18H,4-5,10-13H2,1-3H3. The molecule has 1 N–H and O–H groups in total. The van der Waals surface area contributed by atoms with Crippen molar-refractivity contribution in [2.75, 3.05) is 39.9 Å². The minimum absolute atomic E-state index is 0.396. The number of rotatable bonds is 10. The third kappa shape index (κ3) is 5.92. The van der Waals surface area contributed by atoms with Gasteiger partial charge in [-0.3, -0.25) is 0 Å². The Kier molecular flexibility index (Phi) is 9.10. The SMILES string of the molecule is CCNC(CCN(CC)CCOC)c1ccccc1Br. The summed E-state index contributed by atoms with van der Waals surface area (Å²) in [5.74, 6) is 0. The highest BCUT2D eigenvalue weighted by Crippen LogP contribution is 2.25. The summed E-state index contributed by atoms with van der Waals surface area (Å²) < 4.78 is 6.35. The van der Waals surface area contributed by atoms with E-state index in [9.17, 15) is 0 Å². The first-order chi connectivity index (χ1) is 9.72. The Hall–Kier alpha value is -0.420. The van der Waals surface area contributed by atoms with Gasteiger partial charge in [0.05, 0.1) is 6.61 Å². The van der Waals surface area contributed by atoms with Gasteiger partial charge in [0.2, 0.25) is 0 Å². The number of likely N-dealkylation sites (N-methyl/N-ethyl adjacent to an activating group) is 1. The van der Waals surface area contributed by atoms with Crippen molar-refractivity contribution in [3.05, 3.63) is 34.3 Å². The van der Waals surface area contributed by atoms with Crippen LogP contribution in [0.4, 0.5) is 0 Å². The summed E-state index contributed by atoms with van der Waals surface area (Å²) in [7, 11) is 1.76. The maximum atomic E-state index is 5.17. The molecule has 0 amide bonds. The minimum atomic E-state index is 0.396. The van der Waals surface area contributed by atoms with Crippen LogP contribution >= 0.6 is 15.9 Å². The zero-order chi connectivity index (χ0) is 14.8. The average molecular weight is 343 g/mol. The fourth-order valence-corrected chi connectivity index (χ4v) is 2.89. The van der Waals surface area contributed by atoms with Gasteiger partial charge in [-0.1, -0.05) is 48.0 Å². The number of nitrogens with one attached hydrogen (secondary N) is 1. The molecule has 0 radical (unpaired) electrons. The number of halogens is 1. The normalized spacial score (nSPS) is 12.8. The van der Waals surface area contributed by atoms with Crippen LogP contribution in [-0.2, 0) is 4.74 Å². The Labute approximate surface area is 131 Å². The molecule has 0 aliphatic carbocycles. The first-order valence-electron chi connectivity index (χ1n) is 7.42. The number of hydrogen-bond acceptors (Lipinski definition) is 3. The minimum Gasteiger partial charge on any atom is -0.383 e. The summed E-state index contributed by atoms with van der Waals surface area (Å²) in [5.41, 5.74) is 1.34. The monoisotopic (exact) mass is 342 g/mol. The largest absolute Gasteiger partial charge is 0.383 e. The summed E-state index contributed by atoms with van der Waals surface area (Å²) >= 11 is 3.66. The predicted octanol–water partition coefficient (Wildman–Crippen LogP) is 3.46. The van der Waals surface area contributed by atoms with Crippen molar-refractivity contribution in [3.8, 4) is 0 Å². The molecule has 0 spiro atoms. The highest BCUT2D eigenvalue weighted by Gasteiger charge is 2.14. The fraction of sp³-hybridized carbons (Fsp3) is 0.625. The van der Waals surface area contributed by atoms with Crippen molar-refractivity contribution in [2.24, 2.45) is 0 Å². The number of methoxy groups -OCH3 is 1. The lowest BCUT2D eigenvalue weighted by atomic mass is 10.0. The first-order valence-corrected chi connectivity index (χ1v) is 8.21. The van der Waals surface area contributed by atoms with Crippen LogP contribution in [0.25, 0.3) is 0 Å². The Morgan fingerprint density at radius 1 is 1.25 bits per heavy atom. The van der Waals surface area contributed by atoms with Crippen LogP contribution in [-0.4, -0.2) is 44.8 Å². The van der Waals surface area contributed by atoms with E-state index in [1.807, 2.05) is 0 Å². The van der Waals surface area contributed by atoms with E-state index in [0.717, 1.165) is 39.2 Å². The van der Waals surface area contributed by atoms with Crippen molar-refractivity contribution < 1.29 is 4.74 Å². The number of nitrogens with zero attached hydrogens (tertiary/aromatic N) is 1. The molecule has 4 heteroatoms. The Morgan fingerprint density at radius 2 is 2.00 bits per heavy atom. The molecular formula is C16H27BrN2O. The van der Waals surface area contributed by atoms with Crippen LogP contribution < -0.4 is 5.32 Å². The van der Waals surface area contributed by atoms with Crippen molar-refractivity contribution in [1.29, 1.82) is 0 Å². The fourth-order valence-electron chi connectivity index (χ4n) is 2.33. The molecule has 1 atom stereocenters. The zero-order valence-electron chi connectivity index (χ0n) is 12.9. The average Bonchev–Trinajstić information content (AvgIpc) is 2.47. The maximum absolute atomic E-state index is 5.17. The maximum Gasteiger partial charge on any atom is 0.0589 e. The Balaban J connectivity index is 2.61. The predicted molar refractivity (Wildman–Crippen MR) is 89.2 cm³/mol. The molecule has 0 aliphatic rings. The second-order valence-electron chi connectivity index (χ2n) is 4.85. The molecule has 1 aromatic rings. The van der Waals surface area contributed by atoms with E-state index in [1.165, 1.54) is 10.0 Å². The van der Waals surface area contributed by atoms with Crippen molar-refractivity contribution >= 4 is 15.9 Å². The summed E-state index contributed by atoms with van der Waals surface area (Å²) in [6.07, 6.45) is 1.11. The molecule has 0 aromatic heterocycles. The molecule has 1 aromatic carbocycles. The van der Waals surface area contributed by atoms with E-state index in [4.69, 9.17) is 4.74 Å². The van der Waals surface area contributed by atoms with E-state index in [2.05, 4.69) is 64.3 Å².